The first-order valence-electron chi connectivity index (χ1n) is 34.3. The molecule has 3 aromatic carbocycles. The molecule has 3 amide bonds. The van der Waals surface area contributed by atoms with Crippen LogP contribution in [0.4, 0.5) is 13.2 Å². The van der Waals surface area contributed by atoms with Crippen LogP contribution in [0.15, 0.2) is 183 Å². The molecule has 0 saturated carbocycles. The molecule has 20 nitrogen and oxygen atoms in total. The quantitative estimate of drug-likeness (QED) is 0.0609. The second kappa shape index (κ2) is 33.1. The average Bonchev–Trinajstić information content (AvgIpc) is 1.47. The first-order valence-corrected chi connectivity index (χ1v) is 34.3. The van der Waals surface area contributed by atoms with Crippen molar-refractivity contribution in [2.24, 2.45) is 0 Å². The molecular weight excluding hydrogens is 1290 g/mol. The second-order valence-corrected chi connectivity index (χ2v) is 25.9. The number of rotatable bonds is 20. The molecule has 3 N–H and O–H groups in total. The molecule has 524 valence electrons. The van der Waals surface area contributed by atoms with E-state index in [0.717, 1.165) is 169 Å². The van der Waals surface area contributed by atoms with E-state index < -0.39 is 0 Å². The number of hydrogen-bond acceptors (Lipinski definition) is 14. The third kappa shape index (κ3) is 17.1. The van der Waals surface area contributed by atoms with Gasteiger partial charge < -0.3 is 30.5 Å². The molecule has 14 rings (SSSR count). The Balaban J connectivity index is 0.000000145. The Bertz CT molecular complexity index is 4940. The number of benzene rings is 3. The fraction of sp³-hybridized carbons (Fsp3) is 0.278. The highest BCUT2D eigenvalue weighted by Crippen LogP contribution is 2.35. The Labute approximate surface area is 590 Å². The van der Waals surface area contributed by atoms with Gasteiger partial charge in [-0.25, -0.2) is 28.1 Å². The summed E-state index contributed by atoms with van der Waals surface area (Å²) in [5.41, 5.74) is 14.3. The van der Waals surface area contributed by atoms with Crippen LogP contribution in [0.3, 0.4) is 0 Å². The second-order valence-electron chi connectivity index (χ2n) is 25.9. The minimum atomic E-state index is -0.244. The zero-order valence-corrected chi connectivity index (χ0v) is 58.2. The molecule has 9 aromatic heterocycles. The third-order valence-electron chi connectivity index (χ3n) is 18.3. The van der Waals surface area contributed by atoms with E-state index in [4.69, 9.17) is 4.74 Å². The van der Waals surface area contributed by atoms with Gasteiger partial charge in [-0.05, 0) is 176 Å². The number of halogens is 3. The molecule has 0 unspecified atom stereocenters. The van der Waals surface area contributed by atoms with Gasteiger partial charge in [-0.15, -0.1) is 0 Å². The number of morpholine rings is 1. The van der Waals surface area contributed by atoms with Crippen molar-refractivity contribution < 1.29 is 32.3 Å². The molecule has 11 heterocycles. The summed E-state index contributed by atoms with van der Waals surface area (Å²) < 4.78 is 52.2. The first-order chi connectivity index (χ1) is 49.5. The molecule has 0 bridgehead atoms. The number of likely N-dealkylation sites (N-methyl/N-ethyl adjacent to an activating group) is 1. The van der Waals surface area contributed by atoms with Crippen LogP contribution in [0.5, 0.6) is 0 Å². The number of nitrogens with one attached hydrogen (secondary N) is 3. The Kier molecular flexibility index (Phi) is 23.1. The lowest BCUT2D eigenvalue weighted by atomic mass is 9.99. The molecule has 12 aromatic rings. The van der Waals surface area contributed by atoms with E-state index in [1.165, 1.54) is 18.2 Å². The van der Waals surface area contributed by atoms with Crippen molar-refractivity contribution in [2.75, 3.05) is 113 Å². The van der Waals surface area contributed by atoms with Crippen molar-refractivity contribution in [3.05, 3.63) is 235 Å². The summed E-state index contributed by atoms with van der Waals surface area (Å²) in [7, 11) is 6.14. The number of piperazine rings is 1. The number of aryl methyl sites for hydroxylation is 3. The van der Waals surface area contributed by atoms with Crippen LogP contribution in [0.2, 0.25) is 0 Å². The third-order valence-corrected chi connectivity index (χ3v) is 18.3. The number of ether oxygens (including phenoxy) is 1. The van der Waals surface area contributed by atoms with E-state index in [1.54, 1.807) is 103 Å². The van der Waals surface area contributed by atoms with Crippen LogP contribution in [0.1, 0.15) is 61.4 Å². The maximum atomic E-state index is 13.8. The van der Waals surface area contributed by atoms with Crippen molar-refractivity contribution in [2.45, 2.75) is 33.6 Å². The smallest absolute Gasteiger partial charge is 0.287 e. The van der Waals surface area contributed by atoms with Gasteiger partial charge in [0.25, 0.3) is 17.7 Å². The number of aromatic nitrogens is 9. The van der Waals surface area contributed by atoms with Crippen LogP contribution in [0.25, 0.3) is 83.7 Å². The molecule has 2 aliphatic rings. The van der Waals surface area contributed by atoms with Crippen molar-refractivity contribution >= 4 is 34.3 Å². The number of amides is 3. The standard InChI is InChI=1S/C27H29FN6O.C27H28FN5O2.C25H26FN5O/c1-19-16-20(6-8-24(19)28)25-23(4-3-9-29-25)21-5-7-22-17-31-26(34(22)18-21)27(35)30-10-11-33-14-12-32(2)13-15-33;1-19-16-20(6-8-24(19)28)25-23(4-2-9-29-25)21-5-7-22-17-31-26(33(22)18-21)27(34)30-10-3-11-32-12-14-35-15-13-32;1-17-14-18(8-10-22(17)26)23-21(6-4-11-27-23)19-7-9-20-15-29-24(31(20)16-19)25(32)28-12-5-13-30(2)3/h3-9,16-18H,10-15H2,1-2H3,(H,30,35);2,4-9,16-18H,3,10-15H2,1H3,(H,30,34);4,6-11,14-16H,5,12-13H2,1-3H3,(H,28,32). The summed E-state index contributed by atoms with van der Waals surface area (Å²) in [5, 5.41) is 8.96. The average molecular weight is 1380 g/mol. The molecule has 23 heteroatoms. The van der Waals surface area contributed by atoms with Gasteiger partial charge in [0.1, 0.15) is 17.5 Å². The molecule has 2 saturated heterocycles. The number of carbonyl (C=O) groups excluding carboxylic acids is 3. The first kappa shape index (κ1) is 71.0. The van der Waals surface area contributed by atoms with Gasteiger partial charge >= 0.3 is 0 Å². The largest absolute Gasteiger partial charge is 0.379 e. The lowest BCUT2D eigenvalue weighted by Gasteiger charge is -2.32. The number of hydrogen-bond donors (Lipinski definition) is 3. The molecule has 0 atom stereocenters. The highest BCUT2D eigenvalue weighted by atomic mass is 19.1. The Morgan fingerprint density at radius 1 is 0.441 bits per heavy atom. The summed E-state index contributed by atoms with van der Waals surface area (Å²) in [4.78, 5) is 74.5. The van der Waals surface area contributed by atoms with Crippen LogP contribution >= 0.6 is 0 Å². The fourth-order valence-electron chi connectivity index (χ4n) is 12.5. The number of nitrogens with zero attached hydrogens (tertiary/aromatic N) is 13. The maximum absolute atomic E-state index is 13.8. The van der Waals surface area contributed by atoms with Crippen LogP contribution < -0.4 is 16.0 Å². The van der Waals surface area contributed by atoms with E-state index in [9.17, 15) is 27.6 Å². The highest BCUT2D eigenvalue weighted by Gasteiger charge is 2.22. The van der Waals surface area contributed by atoms with Gasteiger partial charge in [0, 0.05) is 153 Å². The van der Waals surface area contributed by atoms with Gasteiger partial charge in [0.15, 0.2) is 0 Å². The molecular formula is C79H83F3N16O4. The van der Waals surface area contributed by atoms with Crippen molar-refractivity contribution in [3.63, 3.8) is 0 Å². The summed E-state index contributed by atoms with van der Waals surface area (Å²) in [6, 6.07) is 38.3. The molecule has 102 heavy (non-hydrogen) atoms. The SMILES string of the molecule is Cc1cc(-c2ncccc2-c2ccc3cnc(C(=O)NCCCN(C)C)n3c2)ccc1F.Cc1cc(-c2ncccc2-c2ccc3cnc(C(=O)NCCCN4CCOCC4)n3c2)ccc1F.Cc1cc(-c2ncccc2-c2ccc3cnc(C(=O)NCCN4CCN(C)CC4)n3c2)ccc1F. The van der Waals surface area contributed by atoms with E-state index in [1.807, 2.05) is 110 Å². The molecule has 0 aliphatic carbocycles. The summed E-state index contributed by atoms with van der Waals surface area (Å²) >= 11 is 0. The van der Waals surface area contributed by atoms with Crippen LogP contribution in [-0.2, 0) is 4.74 Å². The van der Waals surface area contributed by atoms with Crippen molar-refractivity contribution in [1.29, 1.82) is 0 Å². The fourth-order valence-corrected chi connectivity index (χ4v) is 12.5. The molecule has 2 aliphatic heterocycles. The van der Waals surface area contributed by atoms with E-state index >= 15 is 0 Å². The zero-order chi connectivity index (χ0) is 71.2. The van der Waals surface area contributed by atoms with E-state index in [0.29, 0.717) is 53.8 Å². The summed E-state index contributed by atoms with van der Waals surface area (Å²) in [6.45, 7) is 17.2. The van der Waals surface area contributed by atoms with Crippen LogP contribution in [0, 0.1) is 38.2 Å². The summed E-state index contributed by atoms with van der Waals surface area (Å²) in [5.74, 6) is -0.300. The van der Waals surface area contributed by atoms with Gasteiger partial charge in [0.2, 0.25) is 17.5 Å². The van der Waals surface area contributed by atoms with E-state index in [2.05, 4.69) is 72.5 Å². The number of fused-ring (bicyclic) bond motifs is 3. The Morgan fingerprint density at radius 2 is 0.804 bits per heavy atom. The van der Waals surface area contributed by atoms with Gasteiger partial charge in [-0.3, -0.25) is 52.3 Å². The van der Waals surface area contributed by atoms with Crippen molar-refractivity contribution in [3.8, 4) is 67.2 Å². The number of imidazole rings is 3. The van der Waals surface area contributed by atoms with E-state index in [-0.39, 0.29) is 35.2 Å². The van der Waals surface area contributed by atoms with Crippen molar-refractivity contribution in [1.82, 2.24) is 78.7 Å². The lowest BCUT2D eigenvalue weighted by Crippen LogP contribution is -2.47. The predicted octanol–water partition coefficient (Wildman–Crippen LogP) is 11.6. The number of carbonyl (C=O) groups is 3. The summed E-state index contributed by atoms with van der Waals surface area (Å²) in [6.07, 6.45) is 17.7. The normalized spacial score (nSPS) is 13.6. The van der Waals surface area contributed by atoms with Gasteiger partial charge in [0.05, 0.1) is 65.4 Å². The number of pyridine rings is 6. The zero-order valence-electron chi connectivity index (χ0n) is 58.2. The molecule has 0 spiro atoms. The highest BCUT2D eigenvalue weighted by molar-refractivity contribution is 5.94. The van der Waals surface area contributed by atoms with Crippen LogP contribution in [-0.4, -0.2) is 193 Å². The molecule has 0 radical (unpaired) electrons. The maximum Gasteiger partial charge on any atom is 0.287 e. The molecule has 2 fully saturated rings. The lowest BCUT2D eigenvalue weighted by molar-refractivity contribution is 0.0374. The Morgan fingerprint density at radius 3 is 1.19 bits per heavy atom. The van der Waals surface area contributed by atoms with Gasteiger partial charge in [-0.1, -0.05) is 36.4 Å². The minimum Gasteiger partial charge on any atom is -0.379 e. The predicted molar refractivity (Wildman–Crippen MR) is 392 cm³/mol. The monoisotopic (exact) mass is 1380 g/mol. The Hall–Kier alpha value is -10.8. The van der Waals surface area contributed by atoms with Gasteiger partial charge in [-0.2, -0.15) is 0 Å². The topological polar surface area (TPSA) is 200 Å². The minimum absolute atomic E-state index is 0.197.